The minimum absolute atomic E-state index is 1.06. The van der Waals surface area contributed by atoms with Gasteiger partial charge in [-0.25, -0.2) is 0 Å². The first-order chi connectivity index (χ1) is 5.60. The van der Waals surface area contributed by atoms with Crippen molar-refractivity contribution in [3.63, 3.8) is 0 Å². The smallest absolute Gasteiger partial charge is 0.139 e. The van der Waals surface area contributed by atoms with Crippen molar-refractivity contribution in [2.75, 3.05) is 27.7 Å². The normalized spacial score (nSPS) is 12.4. The zero-order chi connectivity index (χ0) is 9.61. The zero-order valence-electron chi connectivity index (χ0n) is 8.42. The van der Waals surface area contributed by atoms with Gasteiger partial charge in [-0.1, -0.05) is 13.3 Å². The van der Waals surface area contributed by atoms with Crippen LogP contribution in [0.25, 0.3) is 0 Å². The van der Waals surface area contributed by atoms with Crippen molar-refractivity contribution in [1.29, 1.82) is 0 Å². The average Bonchev–Trinajstić information content (AvgIpc) is 2.12. The van der Waals surface area contributed by atoms with Crippen molar-refractivity contribution in [3.8, 4) is 0 Å². The van der Waals surface area contributed by atoms with Crippen molar-refractivity contribution in [2.24, 2.45) is 0 Å². The molecule has 0 aromatic heterocycles. The largest absolute Gasteiger partial charge is 0.269 e. The summed E-state index contributed by atoms with van der Waals surface area (Å²) in [6.45, 7) is 1.62. The number of hydrogen-bond acceptors (Lipinski definition) is 1. The third-order valence-corrected chi connectivity index (χ3v) is 6.23. The first kappa shape index (κ1) is 12.5. The first-order valence-electron chi connectivity index (χ1n) is 4.30. The molecule has 0 aromatic rings. The Kier molecular flexibility index (Phi) is 6.32. The molecule has 12 heavy (non-hydrogen) atoms. The van der Waals surface area contributed by atoms with Crippen LogP contribution in [0.1, 0.15) is 19.8 Å². The van der Waals surface area contributed by atoms with Gasteiger partial charge in [0.1, 0.15) is 6.49 Å². The zero-order valence-corrected chi connectivity index (χ0v) is 10.1. The monoisotopic (exact) mass is 209 g/mol. The van der Waals surface area contributed by atoms with Crippen LogP contribution in [0.15, 0.2) is 0 Å². The Morgan fingerprint density at radius 1 is 1.33 bits per heavy atom. The highest BCUT2D eigenvalue weighted by molar-refractivity contribution is 8.11. The van der Waals surface area contributed by atoms with Crippen LogP contribution in [-0.4, -0.2) is 32.4 Å². The summed E-state index contributed by atoms with van der Waals surface area (Å²) in [5, 5.41) is 6.36. The number of unbranched alkanes of at least 4 members (excludes halogenated alkanes) is 1. The molecule has 3 nitrogen and oxygen atoms in total. The molecule has 0 rings (SSSR count). The SMILES string of the molecule is CCCCN(C)P(=S)(NC)NC. The fourth-order valence-electron chi connectivity index (χ4n) is 0.981. The van der Waals surface area contributed by atoms with E-state index in [1.54, 1.807) is 0 Å². The summed E-state index contributed by atoms with van der Waals surface area (Å²) in [4.78, 5) is 0. The van der Waals surface area contributed by atoms with Crippen molar-refractivity contribution in [1.82, 2.24) is 14.8 Å². The lowest BCUT2D eigenvalue weighted by Gasteiger charge is -2.30. The fraction of sp³-hybridized carbons (Fsp3) is 1.00. The Morgan fingerprint density at radius 3 is 2.17 bits per heavy atom. The van der Waals surface area contributed by atoms with E-state index >= 15 is 0 Å². The first-order valence-corrected chi connectivity index (χ1v) is 7.06. The van der Waals surface area contributed by atoms with E-state index in [-0.39, 0.29) is 0 Å². The molecule has 0 bridgehead atoms. The molecule has 0 aliphatic heterocycles. The summed E-state index contributed by atoms with van der Waals surface area (Å²) in [5.41, 5.74) is 0. The van der Waals surface area contributed by atoms with E-state index in [0.29, 0.717) is 0 Å². The molecule has 2 N–H and O–H groups in total. The highest BCUT2D eigenvalue weighted by Gasteiger charge is 2.16. The number of rotatable bonds is 6. The summed E-state index contributed by atoms with van der Waals surface area (Å²) in [6.07, 6.45) is 2.42. The summed E-state index contributed by atoms with van der Waals surface area (Å²) >= 11 is 5.46. The Hall–Kier alpha value is 0.530. The molecular formula is C7H20N3PS. The Bertz CT molecular complexity index is 155. The van der Waals surface area contributed by atoms with Crippen LogP contribution in [-0.2, 0) is 11.8 Å². The van der Waals surface area contributed by atoms with Gasteiger partial charge in [-0.2, -0.15) is 0 Å². The van der Waals surface area contributed by atoms with E-state index in [0.717, 1.165) is 6.54 Å². The molecule has 0 aliphatic carbocycles. The lowest BCUT2D eigenvalue weighted by atomic mass is 10.3. The predicted molar refractivity (Wildman–Crippen MR) is 59.9 cm³/mol. The van der Waals surface area contributed by atoms with E-state index in [1.165, 1.54) is 12.8 Å². The Labute approximate surface area is 81.1 Å². The second-order valence-corrected chi connectivity index (χ2v) is 7.07. The fourth-order valence-corrected chi connectivity index (χ4v) is 2.56. The molecule has 0 amide bonds. The van der Waals surface area contributed by atoms with Gasteiger partial charge in [0.25, 0.3) is 0 Å². The van der Waals surface area contributed by atoms with Crippen molar-refractivity contribution in [2.45, 2.75) is 19.8 Å². The van der Waals surface area contributed by atoms with Gasteiger partial charge in [0, 0.05) is 6.54 Å². The van der Waals surface area contributed by atoms with Crippen molar-refractivity contribution in [3.05, 3.63) is 0 Å². The Morgan fingerprint density at radius 2 is 1.83 bits per heavy atom. The third-order valence-electron chi connectivity index (χ3n) is 1.92. The van der Waals surface area contributed by atoms with E-state index in [2.05, 4.69) is 28.8 Å². The lowest BCUT2D eigenvalue weighted by Crippen LogP contribution is -2.30. The van der Waals surface area contributed by atoms with Crippen molar-refractivity contribution >= 4 is 18.3 Å². The molecule has 5 heteroatoms. The molecule has 0 aliphatic rings. The molecule has 0 atom stereocenters. The third kappa shape index (κ3) is 3.50. The van der Waals surface area contributed by atoms with Crippen LogP contribution in [0.2, 0.25) is 0 Å². The maximum atomic E-state index is 5.46. The second-order valence-electron chi connectivity index (χ2n) is 2.76. The van der Waals surface area contributed by atoms with Gasteiger partial charge < -0.3 is 0 Å². The summed E-state index contributed by atoms with van der Waals surface area (Å²) in [6, 6.07) is 0. The molecule has 0 aromatic carbocycles. The van der Waals surface area contributed by atoms with E-state index < -0.39 is 6.49 Å². The maximum Gasteiger partial charge on any atom is 0.139 e. The summed E-state index contributed by atoms with van der Waals surface area (Å²) in [5.74, 6) is 0. The number of nitrogens with zero attached hydrogens (tertiary/aromatic N) is 1. The van der Waals surface area contributed by atoms with Gasteiger partial charge in [-0.15, -0.1) is 0 Å². The summed E-state index contributed by atoms with van der Waals surface area (Å²) in [7, 11) is 5.91. The quantitative estimate of drug-likeness (QED) is 0.646. The van der Waals surface area contributed by atoms with Gasteiger partial charge in [0.2, 0.25) is 0 Å². The van der Waals surface area contributed by atoms with Gasteiger partial charge in [0.05, 0.1) is 0 Å². The predicted octanol–water partition coefficient (Wildman–Crippen LogP) is 1.38. The highest BCUT2D eigenvalue weighted by atomic mass is 32.4. The van der Waals surface area contributed by atoms with Gasteiger partial charge in [-0.3, -0.25) is 14.8 Å². The highest BCUT2D eigenvalue weighted by Crippen LogP contribution is 2.38. The molecule has 0 spiro atoms. The molecule has 0 saturated carbocycles. The molecule has 0 unspecified atom stereocenters. The van der Waals surface area contributed by atoms with E-state index in [9.17, 15) is 0 Å². The minimum atomic E-state index is -1.64. The summed E-state index contributed by atoms with van der Waals surface area (Å²) < 4.78 is 2.21. The Balaban J connectivity index is 4.03. The number of nitrogens with one attached hydrogen (secondary N) is 2. The van der Waals surface area contributed by atoms with Gasteiger partial charge in [0.15, 0.2) is 0 Å². The van der Waals surface area contributed by atoms with Crippen LogP contribution in [0.3, 0.4) is 0 Å². The second kappa shape index (κ2) is 6.06. The number of hydrogen-bond donors (Lipinski definition) is 2. The molecule has 0 heterocycles. The van der Waals surface area contributed by atoms with Crippen LogP contribution in [0, 0.1) is 0 Å². The minimum Gasteiger partial charge on any atom is -0.269 e. The average molecular weight is 209 g/mol. The van der Waals surface area contributed by atoms with Crippen LogP contribution < -0.4 is 10.2 Å². The van der Waals surface area contributed by atoms with Gasteiger partial charge >= 0.3 is 0 Å². The molecule has 0 radical (unpaired) electrons. The van der Waals surface area contributed by atoms with Crippen LogP contribution in [0.5, 0.6) is 0 Å². The molecule has 0 fully saturated rings. The van der Waals surface area contributed by atoms with E-state index in [4.69, 9.17) is 11.8 Å². The topological polar surface area (TPSA) is 27.3 Å². The maximum absolute atomic E-state index is 5.46. The molecule has 74 valence electrons. The van der Waals surface area contributed by atoms with Crippen LogP contribution in [0.4, 0.5) is 0 Å². The van der Waals surface area contributed by atoms with Gasteiger partial charge in [-0.05, 0) is 39.4 Å². The van der Waals surface area contributed by atoms with Crippen molar-refractivity contribution < 1.29 is 0 Å². The molecule has 0 saturated heterocycles. The van der Waals surface area contributed by atoms with E-state index in [1.807, 2.05) is 14.1 Å². The lowest BCUT2D eigenvalue weighted by molar-refractivity contribution is 0.510. The van der Waals surface area contributed by atoms with Crippen LogP contribution >= 0.6 is 6.49 Å². The molecular weight excluding hydrogens is 189 g/mol. The standard InChI is InChI=1S/C7H20N3PS/c1-5-6-7-10(4)11(12,8-2)9-3/h5-7H2,1-4H3,(H2,8,9,12).